The topological polar surface area (TPSA) is 90.6 Å². The van der Waals surface area contributed by atoms with Crippen molar-refractivity contribution in [1.82, 2.24) is 0 Å². The molecule has 0 N–H and O–H groups in total. The standard InChI is InChI=1S/C14H13N3O3S2/c15-7-6-13(18)16-14-17(10-4-2-1-3-5-10)11-8-22(19,20)9-12(11)21-14/h1-5,11-12H,6,8-9H2/t11-,12+/m1/s1. The van der Waals surface area contributed by atoms with Crippen molar-refractivity contribution in [1.29, 1.82) is 5.26 Å². The third kappa shape index (κ3) is 2.87. The van der Waals surface area contributed by atoms with Crippen LogP contribution in [0.1, 0.15) is 6.42 Å². The smallest absolute Gasteiger partial charge is 0.262 e. The second kappa shape index (κ2) is 5.74. The molecule has 0 radical (unpaired) electrons. The molecule has 0 unspecified atom stereocenters. The number of benzene rings is 1. The van der Waals surface area contributed by atoms with Crippen LogP contribution in [0.25, 0.3) is 0 Å². The highest BCUT2D eigenvalue weighted by Crippen LogP contribution is 2.40. The van der Waals surface area contributed by atoms with Crippen molar-refractivity contribution in [2.24, 2.45) is 4.99 Å². The number of rotatable bonds is 2. The molecule has 114 valence electrons. The zero-order valence-electron chi connectivity index (χ0n) is 11.5. The third-order valence-corrected chi connectivity index (χ3v) is 6.76. The molecule has 6 nitrogen and oxygen atoms in total. The van der Waals surface area contributed by atoms with Crippen LogP contribution in [0, 0.1) is 11.3 Å². The first-order valence-electron chi connectivity index (χ1n) is 6.70. The fourth-order valence-electron chi connectivity index (χ4n) is 2.67. The van der Waals surface area contributed by atoms with Crippen LogP contribution < -0.4 is 4.90 Å². The van der Waals surface area contributed by atoms with E-state index in [2.05, 4.69) is 4.99 Å². The SMILES string of the molecule is N#CCC(=O)N=C1S[C@H]2CS(=O)(=O)C[C@H]2N1c1ccccc1. The van der Waals surface area contributed by atoms with Gasteiger partial charge in [0.25, 0.3) is 5.91 Å². The molecule has 1 amide bonds. The molecular weight excluding hydrogens is 322 g/mol. The summed E-state index contributed by atoms with van der Waals surface area (Å²) in [6, 6.07) is 10.9. The number of anilines is 1. The second-order valence-electron chi connectivity index (χ2n) is 5.13. The summed E-state index contributed by atoms with van der Waals surface area (Å²) in [5, 5.41) is 8.94. The van der Waals surface area contributed by atoms with Gasteiger partial charge < -0.3 is 4.90 Å². The number of amides is 1. The summed E-state index contributed by atoms with van der Waals surface area (Å²) in [6.45, 7) is 0. The van der Waals surface area contributed by atoms with Crippen molar-refractivity contribution in [2.75, 3.05) is 16.4 Å². The van der Waals surface area contributed by atoms with Gasteiger partial charge in [0.05, 0.1) is 23.6 Å². The number of nitriles is 1. The Labute approximate surface area is 132 Å². The zero-order chi connectivity index (χ0) is 15.7. The first kappa shape index (κ1) is 15.1. The van der Waals surface area contributed by atoms with Crippen LogP contribution in [-0.2, 0) is 14.6 Å². The van der Waals surface area contributed by atoms with Gasteiger partial charge in [-0.1, -0.05) is 30.0 Å². The number of aliphatic imine (C=N–C) groups is 1. The molecule has 3 rings (SSSR count). The van der Waals surface area contributed by atoms with Gasteiger partial charge in [0.2, 0.25) is 0 Å². The molecule has 1 aromatic rings. The summed E-state index contributed by atoms with van der Waals surface area (Å²) in [5.41, 5.74) is 0.808. The van der Waals surface area contributed by atoms with Crippen LogP contribution in [0.3, 0.4) is 0 Å². The Morgan fingerprint density at radius 3 is 2.77 bits per heavy atom. The van der Waals surface area contributed by atoms with Crippen LogP contribution in [0.2, 0.25) is 0 Å². The largest absolute Gasteiger partial charge is 0.316 e. The summed E-state index contributed by atoms with van der Waals surface area (Å²) >= 11 is 1.31. The maximum Gasteiger partial charge on any atom is 0.262 e. The molecule has 0 aromatic heterocycles. The number of carbonyl (C=O) groups excluding carboxylic acids is 1. The van der Waals surface area contributed by atoms with Crippen LogP contribution >= 0.6 is 11.8 Å². The Balaban J connectivity index is 1.98. The number of hydrogen-bond donors (Lipinski definition) is 0. The Bertz CT molecular complexity index is 768. The van der Waals surface area contributed by atoms with Gasteiger partial charge >= 0.3 is 0 Å². The fraction of sp³-hybridized carbons (Fsp3) is 0.357. The van der Waals surface area contributed by atoms with Gasteiger partial charge in [0.15, 0.2) is 15.0 Å². The summed E-state index contributed by atoms with van der Waals surface area (Å²) in [4.78, 5) is 17.5. The van der Waals surface area contributed by atoms with Gasteiger partial charge in [-0.3, -0.25) is 4.79 Å². The van der Waals surface area contributed by atoms with E-state index in [1.165, 1.54) is 11.8 Å². The highest BCUT2D eigenvalue weighted by molar-refractivity contribution is 8.16. The van der Waals surface area contributed by atoms with E-state index in [4.69, 9.17) is 5.26 Å². The molecule has 2 heterocycles. The minimum Gasteiger partial charge on any atom is -0.316 e. The van der Waals surface area contributed by atoms with Gasteiger partial charge in [0, 0.05) is 10.9 Å². The highest BCUT2D eigenvalue weighted by Gasteiger charge is 2.49. The molecule has 2 saturated heterocycles. The molecule has 22 heavy (non-hydrogen) atoms. The Morgan fingerprint density at radius 1 is 1.36 bits per heavy atom. The third-order valence-electron chi connectivity index (χ3n) is 3.55. The van der Waals surface area contributed by atoms with E-state index in [0.29, 0.717) is 5.17 Å². The highest BCUT2D eigenvalue weighted by atomic mass is 32.2. The van der Waals surface area contributed by atoms with Crippen molar-refractivity contribution in [2.45, 2.75) is 17.7 Å². The van der Waals surface area contributed by atoms with Crippen LogP contribution in [0.15, 0.2) is 35.3 Å². The van der Waals surface area contributed by atoms with E-state index in [1.54, 1.807) is 6.07 Å². The van der Waals surface area contributed by atoms with Crippen molar-refractivity contribution in [3.8, 4) is 6.07 Å². The molecule has 0 spiro atoms. The number of fused-ring (bicyclic) bond motifs is 1. The van der Waals surface area contributed by atoms with Gasteiger partial charge in [-0.25, -0.2) is 8.42 Å². The van der Waals surface area contributed by atoms with Gasteiger partial charge in [-0.15, -0.1) is 0 Å². The van der Waals surface area contributed by atoms with E-state index in [1.807, 2.05) is 35.2 Å². The summed E-state index contributed by atoms with van der Waals surface area (Å²) in [7, 11) is -3.06. The van der Waals surface area contributed by atoms with Gasteiger partial charge in [0.1, 0.15) is 6.42 Å². The van der Waals surface area contributed by atoms with Crippen molar-refractivity contribution in [3.63, 3.8) is 0 Å². The Hall–Kier alpha value is -1.85. The number of amidine groups is 1. The Morgan fingerprint density at radius 2 is 2.09 bits per heavy atom. The van der Waals surface area contributed by atoms with Crippen LogP contribution in [-0.4, -0.2) is 42.3 Å². The van der Waals surface area contributed by atoms with E-state index in [0.717, 1.165) is 5.69 Å². The molecule has 0 saturated carbocycles. The fourth-order valence-corrected chi connectivity index (χ4v) is 6.60. The van der Waals surface area contributed by atoms with Crippen molar-refractivity contribution >= 4 is 38.4 Å². The summed E-state index contributed by atoms with van der Waals surface area (Å²) in [6.07, 6.45) is -0.277. The molecule has 2 atom stereocenters. The molecule has 8 heteroatoms. The maximum absolute atomic E-state index is 11.9. The molecule has 0 bridgehead atoms. The molecule has 2 aliphatic rings. The number of nitrogens with zero attached hydrogens (tertiary/aromatic N) is 3. The lowest BCUT2D eigenvalue weighted by Gasteiger charge is -2.24. The van der Waals surface area contributed by atoms with Crippen LogP contribution in [0.5, 0.6) is 0 Å². The van der Waals surface area contributed by atoms with E-state index in [-0.39, 0.29) is 29.2 Å². The lowest BCUT2D eigenvalue weighted by atomic mass is 10.2. The van der Waals surface area contributed by atoms with Gasteiger partial charge in [-0.05, 0) is 12.1 Å². The number of hydrogen-bond acceptors (Lipinski definition) is 5. The normalized spacial score (nSPS) is 27.6. The molecular formula is C14H13N3O3S2. The predicted octanol–water partition coefficient (Wildman–Crippen LogP) is 1.20. The van der Waals surface area contributed by atoms with Crippen LogP contribution in [0.4, 0.5) is 5.69 Å². The molecule has 0 aliphatic carbocycles. The number of thioether (sulfide) groups is 1. The van der Waals surface area contributed by atoms with Gasteiger partial charge in [-0.2, -0.15) is 10.3 Å². The lowest BCUT2D eigenvalue weighted by molar-refractivity contribution is -0.116. The number of carbonyl (C=O) groups is 1. The first-order valence-corrected chi connectivity index (χ1v) is 9.40. The molecule has 2 aliphatic heterocycles. The molecule has 2 fully saturated rings. The Kier molecular flexibility index (Phi) is 3.93. The lowest BCUT2D eigenvalue weighted by Crippen LogP contribution is -2.37. The first-order chi connectivity index (χ1) is 10.5. The monoisotopic (exact) mass is 335 g/mol. The minimum atomic E-state index is -3.06. The minimum absolute atomic E-state index is 0.0605. The van der Waals surface area contributed by atoms with E-state index >= 15 is 0 Å². The van der Waals surface area contributed by atoms with Crippen molar-refractivity contribution in [3.05, 3.63) is 30.3 Å². The maximum atomic E-state index is 11.9. The summed E-state index contributed by atoms with van der Waals surface area (Å²) in [5.74, 6) is -0.351. The number of para-hydroxylation sites is 1. The quantitative estimate of drug-likeness (QED) is 0.806. The summed E-state index contributed by atoms with van der Waals surface area (Å²) < 4.78 is 23.7. The zero-order valence-corrected chi connectivity index (χ0v) is 13.2. The number of sulfone groups is 1. The molecule has 1 aromatic carbocycles. The second-order valence-corrected chi connectivity index (χ2v) is 8.49. The predicted molar refractivity (Wildman–Crippen MR) is 85.4 cm³/mol. The average molecular weight is 335 g/mol. The van der Waals surface area contributed by atoms with E-state index < -0.39 is 15.7 Å². The average Bonchev–Trinajstić information content (AvgIpc) is 2.91. The van der Waals surface area contributed by atoms with Crippen molar-refractivity contribution < 1.29 is 13.2 Å². The van der Waals surface area contributed by atoms with E-state index in [9.17, 15) is 13.2 Å².